The Labute approximate surface area is 118 Å². The first-order valence-electron chi connectivity index (χ1n) is 5.89. The summed E-state index contributed by atoms with van der Waals surface area (Å²) in [6.45, 7) is 1.57. The molecule has 0 radical (unpaired) electrons. The second-order valence-electron chi connectivity index (χ2n) is 4.36. The number of carboxylic acid groups (broad SMARTS) is 1. The van der Waals surface area contributed by atoms with E-state index in [1.807, 2.05) is 5.32 Å². The maximum absolute atomic E-state index is 12.3. The SMILES string of the molecule is COc1ccc(C(=O)NC(CC(F)(F)F)C(=O)O)c(C)c1. The quantitative estimate of drug-likeness (QED) is 0.874. The zero-order valence-corrected chi connectivity index (χ0v) is 11.3. The molecule has 0 aliphatic rings. The van der Waals surface area contributed by atoms with Crippen molar-refractivity contribution < 1.29 is 32.6 Å². The number of aliphatic carboxylic acids is 1. The average Bonchev–Trinajstić information content (AvgIpc) is 2.35. The van der Waals surface area contributed by atoms with Crippen LogP contribution in [-0.4, -0.2) is 36.3 Å². The molecule has 0 saturated heterocycles. The molecule has 0 fully saturated rings. The number of alkyl halides is 3. The van der Waals surface area contributed by atoms with Crippen LogP contribution in [0.5, 0.6) is 5.75 Å². The van der Waals surface area contributed by atoms with Gasteiger partial charge in [-0.05, 0) is 30.7 Å². The van der Waals surface area contributed by atoms with E-state index in [9.17, 15) is 22.8 Å². The van der Waals surface area contributed by atoms with Crippen molar-refractivity contribution in [2.24, 2.45) is 0 Å². The van der Waals surface area contributed by atoms with Crippen LogP contribution < -0.4 is 10.1 Å². The van der Waals surface area contributed by atoms with Crippen LogP contribution in [0.15, 0.2) is 18.2 Å². The van der Waals surface area contributed by atoms with Gasteiger partial charge in [0.25, 0.3) is 5.91 Å². The summed E-state index contributed by atoms with van der Waals surface area (Å²) in [7, 11) is 1.43. The molecule has 1 rings (SSSR count). The normalized spacial score (nSPS) is 12.6. The van der Waals surface area contributed by atoms with Crippen molar-refractivity contribution in [1.82, 2.24) is 5.32 Å². The number of carboxylic acids is 1. The van der Waals surface area contributed by atoms with Gasteiger partial charge >= 0.3 is 12.1 Å². The van der Waals surface area contributed by atoms with Crippen LogP contribution in [0.3, 0.4) is 0 Å². The van der Waals surface area contributed by atoms with Gasteiger partial charge in [-0.25, -0.2) is 4.79 Å². The van der Waals surface area contributed by atoms with E-state index in [4.69, 9.17) is 9.84 Å². The van der Waals surface area contributed by atoms with Crippen molar-refractivity contribution in [2.45, 2.75) is 25.6 Å². The Hall–Kier alpha value is -2.25. The minimum absolute atomic E-state index is 0.0872. The van der Waals surface area contributed by atoms with Crippen LogP contribution in [0.4, 0.5) is 13.2 Å². The summed E-state index contributed by atoms with van der Waals surface area (Å²) in [4.78, 5) is 22.7. The fourth-order valence-corrected chi connectivity index (χ4v) is 1.69. The molecule has 0 bridgehead atoms. The monoisotopic (exact) mass is 305 g/mol. The summed E-state index contributed by atoms with van der Waals surface area (Å²) in [5, 5.41) is 10.6. The van der Waals surface area contributed by atoms with Crippen molar-refractivity contribution in [3.05, 3.63) is 29.3 Å². The van der Waals surface area contributed by atoms with Gasteiger partial charge in [0.1, 0.15) is 11.8 Å². The number of ether oxygens (including phenoxy) is 1. The Bertz CT molecular complexity index is 543. The summed E-state index contributed by atoms with van der Waals surface area (Å²) in [6.07, 6.45) is -6.32. The maximum atomic E-state index is 12.3. The highest BCUT2D eigenvalue weighted by atomic mass is 19.4. The highest BCUT2D eigenvalue weighted by molar-refractivity contribution is 5.97. The van der Waals surface area contributed by atoms with E-state index in [1.54, 1.807) is 6.92 Å². The first kappa shape index (κ1) is 16.8. The van der Waals surface area contributed by atoms with Crippen LogP contribution in [0, 0.1) is 6.92 Å². The summed E-state index contributed by atoms with van der Waals surface area (Å²) in [5.74, 6) is -2.15. The fourth-order valence-electron chi connectivity index (χ4n) is 1.69. The summed E-state index contributed by atoms with van der Waals surface area (Å²) >= 11 is 0. The van der Waals surface area contributed by atoms with Crippen LogP contribution >= 0.6 is 0 Å². The Morgan fingerprint density at radius 2 is 2.00 bits per heavy atom. The lowest BCUT2D eigenvalue weighted by Gasteiger charge is -2.17. The number of benzene rings is 1. The van der Waals surface area contributed by atoms with E-state index in [0.29, 0.717) is 11.3 Å². The zero-order valence-electron chi connectivity index (χ0n) is 11.3. The minimum Gasteiger partial charge on any atom is -0.497 e. The van der Waals surface area contributed by atoms with Gasteiger partial charge in [-0.2, -0.15) is 13.2 Å². The maximum Gasteiger partial charge on any atom is 0.391 e. The predicted molar refractivity (Wildman–Crippen MR) is 67.3 cm³/mol. The van der Waals surface area contributed by atoms with Crippen molar-refractivity contribution in [3.63, 3.8) is 0 Å². The van der Waals surface area contributed by atoms with Crippen molar-refractivity contribution in [2.75, 3.05) is 7.11 Å². The van der Waals surface area contributed by atoms with E-state index < -0.39 is 30.5 Å². The third kappa shape index (κ3) is 4.97. The molecule has 0 saturated carbocycles. The largest absolute Gasteiger partial charge is 0.497 e. The predicted octanol–water partition coefficient (Wildman–Crippen LogP) is 2.14. The molecule has 21 heavy (non-hydrogen) atoms. The number of methoxy groups -OCH3 is 1. The van der Waals surface area contributed by atoms with Crippen LogP contribution in [0.1, 0.15) is 22.3 Å². The van der Waals surface area contributed by atoms with E-state index in [-0.39, 0.29) is 5.56 Å². The molecular formula is C13H14F3NO4. The molecule has 1 aromatic carbocycles. The number of amides is 1. The van der Waals surface area contributed by atoms with Gasteiger partial charge in [-0.3, -0.25) is 4.79 Å². The Morgan fingerprint density at radius 3 is 2.43 bits per heavy atom. The third-order valence-electron chi connectivity index (χ3n) is 2.72. The van der Waals surface area contributed by atoms with E-state index in [1.165, 1.54) is 25.3 Å². The number of halogens is 3. The van der Waals surface area contributed by atoms with E-state index in [2.05, 4.69) is 0 Å². The van der Waals surface area contributed by atoms with Gasteiger partial charge in [0.15, 0.2) is 0 Å². The number of aryl methyl sites for hydroxylation is 1. The second kappa shape index (κ2) is 6.47. The number of nitrogens with one attached hydrogen (secondary N) is 1. The molecule has 1 amide bonds. The smallest absolute Gasteiger partial charge is 0.391 e. The molecule has 0 aliphatic heterocycles. The molecule has 0 heterocycles. The lowest BCUT2D eigenvalue weighted by molar-refractivity contribution is -0.157. The van der Waals surface area contributed by atoms with Gasteiger partial charge in [-0.1, -0.05) is 0 Å². The Balaban J connectivity index is 2.90. The third-order valence-corrected chi connectivity index (χ3v) is 2.72. The molecule has 0 aliphatic carbocycles. The van der Waals surface area contributed by atoms with Gasteiger partial charge in [-0.15, -0.1) is 0 Å². The highest BCUT2D eigenvalue weighted by Crippen LogP contribution is 2.22. The summed E-state index contributed by atoms with van der Waals surface area (Å²) in [6, 6.07) is 2.31. The molecule has 5 nitrogen and oxygen atoms in total. The zero-order chi connectivity index (χ0) is 16.2. The lowest BCUT2D eigenvalue weighted by atomic mass is 10.1. The van der Waals surface area contributed by atoms with Crippen LogP contribution in [-0.2, 0) is 4.79 Å². The molecule has 8 heteroatoms. The fraction of sp³-hybridized carbons (Fsp3) is 0.385. The van der Waals surface area contributed by atoms with E-state index >= 15 is 0 Å². The van der Waals surface area contributed by atoms with Crippen molar-refractivity contribution >= 4 is 11.9 Å². The van der Waals surface area contributed by atoms with Crippen molar-refractivity contribution in [1.29, 1.82) is 0 Å². The average molecular weight is 305 g/mol. The van der Waals surface area contributed by atoms with Gasteiger partial charge in [0.05, 0.1) is 13.5 Å². The summed E-state index contributed by atoms with van der Waals surface area (Å²) < 4.78 is 41.7. The molecule has 1 atom stereocenters. The number of rotatable bonds is 5. The number of carbonyl (C=O) groups is 2. The molecule has 0 spiro atoms. The van der Waals surface area contributed by atoms with Gasteiger partial charge in [0.2, 0.25) is 0 Å². The van der Waals surface area contributed by atoms with Crippen molar-refractivity contribution in [3.8, 4) is 5.75 Å². The summed E-state index contributed by atoms with van der Waals surface area (Å²) in [5.41, 5.74) is 0.548. The van der Waals surface area contributed by atoms with Gasteiger partial charge < -0.3 is 15.2 Å². The molecule has 1 unspecified atom stereocenters. The molecule has 0 aromatic heterocycles. The Kier molecular flexibility index (Phi) is 5.17. The molecule has 116 valence electrons. The number of hydrogen-bond donors (Lipinski definition) is 2. The van der Waals surface area contributed by atoms with Crippen LogP contribution in [0.25, 0.3) is 0 Å². The standard InChI is InChI=1S/C13H14F3NO4/c1-7-5-8(21-2)3-4-9(7)11(18)17-10(12(19)20)6-13(14,15)16/h3-5,10H,6H2,1-2H3,(H,17,18)(H,19,20). The lowest BCUT2D eigenvalue weighted by Crippen LogP contribution is -2.43. The highest BCUT2D eigenvalue weighted by Gasteiger charge is 2.36. The minimum atomic E-state index is -4.69. The van der Waals surface area contributed by atoms with Crippen LogP contribution in [0.2, 0.25) is 0 Å². The second-order valence-corrected chi connectivity index (χ2v) is 4.36. The molecular weight excluding hydrogens is 291 g/mol. The molecule has 1 aromatic rings. The van der Waals surface area contributed by atoms with Gasteiger partial charge in [0, 0.05) is 5.56 Å². The van der Waals surface area contributed by atoms with E-state index in [0.717, 1.165) is 0 Å². The molecule has 2 N–H and O–H groups in total. The first-order valence-corrected chi connectivity index (χ1v) is 5.89. The topological polar surface area (TPSA) is 75.6 Å². The number of carbonyl (C=O) groups excluding carboxylic acids is 1. The number of hydrogen-bond acceptors (Lipinski definition) is 3. The first-order chi connectivity index (χ1) is 9.64. The Morgan fingerprint density at radius 1 is 1.38 bits per heavy atom.